The van der Waals surface area contributed by atoms with E-state index in [-0.39, 0.29) is 12.5 Å². The van der Waals surface area contributed by atoms with Crippen LogP contribution in [0.5, 0.6) is 0 Å². The number of unbranched alkanes of at least 4 members (excludes halogenated alkanes) is 1. The molecule has 0 atom stereocenters. The van der Waals surface area contributed by atoms with Gasteiger partial charge in [-0.3, -0.25) is 4.79 Å². The van der Waals surface area contributed by atoms with Crippen LogP contribution in [0.25, 0.3) is 0 Å². The monoisotopic (exact) mass is 246 g/mol. The van der Waals surface area contributed by atoms with Crippen molar-refractivity contribution in [2.45, 2.75) is 25.8 Å². The molecular formula is C14H18N2O2. The fourth-order valence-corrected chi connectivity index (χ4v) is 1.68. The number of benzene rings is 1. The largest absolute Gasteiger partial charge is 0.396 e. The van der Waals surface area contributed by atoms with Gasteiger partial charge in [0.25, 0.3) is 0 Å². The zero-order chi connectivity index (χ0) is 13.4. The molecule has 0 fully saturated rings. The third kappa shape index (κ3) is 4.56. The molecule has 1 rings (SSSR count). The summed E-state index contributed by atoms with van der Waals surface area (Å²) in [4.78, 5) is 13.4. The number of carbonyl (C=O) groups is 1. The lowest BCUT2D eigenvalue weighted by Gasteiger charge is -2.17. The van der Waals surface area contributed by atoms with Crippen LogP contribution in [0, 0.1) is 11.3 Å². The SMILES string of the molecule is CN(Cc1cccc(C#N)c1)C(=O)CCCCO. The summed E-state index contributed by atoms with van der Waals surface area (Å²) in [5.41, 5.74) is 1.56. The van der Waals surface area contributed by atoms with Gasteiger partial charge in [0, 0.05) is 26.6 Å². The molecule has 4 nitrogen and oxygen atoms in total. The summed E-state index contributed by atoms with van der Waals surface area (Å²) < 4.78 is 0. The van der Waals surface area contributed by atoms with Crippen molar-refractivity contribution in [3.63, 3.8) is 0 Å². The maximum atomic E-state index is 11.8. The molecule has 1 aromatic carbocycles. The second-order valence-electron chi connectivity index (χ2n) is 4.24. The summed E-state index contributed by atoms with van der Waals surface area (Å²) in [6, 6.07) is 9.33. The first-order valence-electron chi connectivity index (χ1n) is 6.01. The Balaban J connectivity index is 2.50. The smallest absolute Gasteiger partial charge is 0.222 e. The number of aliphatic hydroxyl groups excluding tert-OH is 1. The van der Waals surface area contributed by atoms with Gasteiger partial charge in [0.05, 0.1) is 11.6 Å². The highest BCUT2D eigenvalue weighted by atomic mass is 16.3. The van der Waals surface area contributed by atoms with Gasteiger partial charge in [-0.05, 0) is 30.5 Å². The second kappa shape index (κ2) is 7.46. The summed E-state index contributed by atoms with van der Waals surface area (Å²) in [7, 11) is 1.75. The molecule has 0 aliphatic carbocycles. The van der Waals surface area contributed by atoms with E-state index < -0.39 is 0 Å². The molecule has 1 amide bonds. The quantitative estimate of drug-likeness (QED) is 0.777. The Labute approximate surface area is 107 Å². The first-order chi connectivity index (χ1) is 8.67. The molecule has 0 saturated carbocycles. The van der Waals surface area contributed by atoms with Gasteiger partial charge in [0.2, 0.25) is 5.91 Å². The number of hydrogen-bond acceptors (Lipinski definition) is 3. The molecule has 0 aliphatic heterocycles. The lowest BCUT2D eigenvalue weighted by Crippen LogP contribution is -2.25. The zero-order valence-electron chi connectivity index (χ0n) is 10.6. The van der Waals surface area contributed by atoms with Crippen LogP contribution in [0.4, 0.5) is 0 Å². The zero-order valence-corrected chi connectivity index (χ0v) is 10.6. The molecule has 0 aliphatic rings. The van der Waals surface area contributed by atoms with Gasteiger partial charge >= 0.3 is 0 Å². The van der Waals surface area contributed by atoms with Gasteiger partial charge in [-0.2, -0.15) is 5.26 Å². The summed E-state index contributed by atoms with van der Waals surface area (Å²) >= 11 is 0. The minimum atomic E-state index is 0.0609. The highest BCUT2D eigenvalue weighted by Crippen LogP contribution is 2.08. The van der Waals surface area contributed by atoms with Crippen molar-refractivity contribution in [3.8, 4) is 6.07 Å². The van der Waals surface area contributed by atoms with E-state index in [1.165, 1.54) is 0 Å². The first kappa shape index (κ1) is 14.2. The molecule has 0 unspecified atom stereocenters. The molecular weight excluding hydrogens is 228 g/mol. The van der Waals surface area contributed by atoms with Crippen LogP contribution in [0.15, 0.2) is 24.3 Å². The van der Waals surface area contributed by atoms with E-state index >= 15 is 0 Å². The number of nitriles is 1. The molecule has 0 saturated heterocycles. The number of nitrogens with zero attached hydrogens (tertiary/aromatic N) is 2. The summed E-state index contributed by atoms with van der Waals surface area (Å²) in [6.45, 7) is 0.634. The van der Waals surface area contributed by atoms with Crippen LogP contribution in [-0.2, 0) is 11.3 Å². The minimum absolute atomic E-state index is 0.0609. The Hall–Kier alpha value is -1.86. The van der Waals surface area contributed by atoms with Crippen LogP contribution in [0.3, 0.4) is 0 Å². The van der Waals surface area contributed by atoms with E-state index in [2.05, 4.69) is 6.07 Å². The van der Waals surface area contributed by atoms with Gasteiger partial charge in [0.1, 0.15) is 0 Å². The fourth-order valence-electron chi connectivity index (χ4n) is 1.68. The van der Waals surface area contributed by atoms with Crippen LogP contribution in [-0.4, -0.2) is 29.6 Å². The predicted molar refractivity (Wildman–Crippen MR) is 68.6 cm³/mol. The Morgan fingerprint density at radius 3 is 2.89 bits per heavy atom. The minimum Gasteiger partial charge on any atom is -0.396 e. The topological polar surface area (TPSA) is 64.3 Å². The average Bonchev–Trinajstić information content (AvgIpc) is 2.39. The van der Waals surface area contributed by atoms with Crippen LogP contribution in [0.2, 0.25) is 0 Å². The first-order valence-corrected chi connectivity index (χ1v) is 6.01. The summed E-state index contributed by atoms with van der Waals surface area (Å²) in [5, 5.41) is 17.4. The van der Waals surface area contributed by atoms with Gasteiger partial charge in [-0.1, -0.05) is 12.1 Å². The number of hydrogen-bond donors (Lipinski definition) is 1. The van der Waals surface area contributed by atoms with E-state index in [4.69, 9.17) is 10.4 Å². The lowest BCUT2D eigenvalue weighted by molar-refractivity contribution is -0.130. The molecule has 1 N–H and O–H groups in total. The number of carbonyl (C=O) groups excluding carboxylic acids is 1. The van der Waals surface area contributed by atoms with E-state index in [9.17, 15) is 4.79 Å². The van der Waals surface area contributed by atoms with Crippen LogP contribution >= 0.6 is 0 Å². The van der Waals surface area contributed by atoms with Crippen molar-refractivity contribution in [3.05, 3.63) is 35.4 Å². The van der Waals surface area contributed by atoms with Crippen molar-refractivity contribution < 1.29 is 9.90 Å². The van der Waals surface area contributed by atoms with Crippen molar-refractivity contribution in [1.82, 2.24) is 4.90 Å². The van der Waals surface area contributed by atoms with Crippen molar-refractivity contribution >= 4 is 5.91 Å². The molecule has 0 bridgehead atoms. The highest BCUT2D eigenvalue weighted by molar-refractivity contribution is 5.75. The number of aliphatic hydroxyl groups is 1. The van der Waals surface area contributed by atoms with Crippen molar-refractivity contribution in [1.29, 1.82) is 5.26 Å². The summed E-state index contributed by atoms with van der Waals surface area (Å²) in [6.07, 6.45) is 1.82. The normalized spacial score (nSPS) is 9.83. The third-order valence-corrected chi connectivity index (χ3v) is 2.70. The standard InChI is InChI=1S/C14H18N2O2/c1-16(14(18)7-2-3-8-17)11-13-6-4-5-12(9-13)10-15/h4-6,9,17H,2-3,7-8,11H2,1H3. The Morgan fingerprint density at radius 1 is 1.44 bits per heavy atom. The van der Waals surface area contributed by atoms with Gasteiger partial charge in [0.15, 0.2) is 0 Å². The Kier molecular flexibility index (Phi) is 5.89. The van der Waals surface area contributed by atoms with Crippen LogP contribution in [0.1, 0.15) is 30.4 Å². The maximum absolute atomic E-state index is 11.8. The molecule has 18 heavy (non-hydrogen) atoms. The average molecular weight is 246 g/mol. The molecule has 1 aromatic rings. The molecule has 0 spiro atoms. The van der Waals surface area contributed by atoms with E-state index in [0.29, 0.717) is 31.4 Å². The summed E-state index contributed by atoms with van der Waals surface area (Å²) in [5.74, 6) is 0.0609. The highest BCUT2D eigenvalue weighted by Gasteiger charge is 2.08. The predicted octanol–water partition coefficient (Wildman–Crippen LogP) is 1.68. The molecule has 0 heterocycles. The third-order valence-electron chi connectivity index (χ3n) is 2.70. The lowest BCUT2D eigenvalue weighted by atomic mass is 10.1. The molecule has 4 heteroatoms. The van der Waals surface area contributed by atoms with Gasteiger partial charge < -0.3 is 10.0 Å². The van der Waals surface area contributed by atoms with Crippen molar-refractivity contribution in [2.75, 3.05) is 13.7 Å². The molecule has 96 valence electrons. The van der Waals surface area contributed by atoms with Gasteiger partial charge in [-0.15, -0.1) is 0 Å². The Morgan fingerprint density at radius 2 is 2.22 bits per heavy atom. The van der Waals surface area contributed by atoms with E-state index in [1.807, 2.05) is 12.1 Å². The van der Waals surface area contributed by atoms with Crippen LogP contribution < -0.4 is 0 Å². The Bertz CT molecular complexity index is 438. The maximum Gasteiger partial charge on any atom is 0.222 e. The van der Waals surface area contributed by atoms with Gasteiger partial charge in [-0.25, -0.2) is 0 Å². The number of rotatable bonds is 6. The molecule has 0 aromatic heterocycles. The van der Waals surface area contributed by atoms with Crippen molar-refractivity contribution in [2.24, 2.45) is 0 Å². The van der Waals surface area contributed by atoms with E-state index in [0.717, 1.165) is 5.56 Å². The van der Waals surface area contributed by atoms with E-state index in [1.54, 1.807) is 24.1 Å². The number of amides is 1. The fraction of sp³-hybridized carbons (Fsp3) is 0.429. The second-order valence-corrected chi connectivity index (χ2v) is 4.24. The molecule has 0 radical (unpaired) electrons.